The second kappa shape index (κ2) is 5.81. The second-order valence-electron chi connectivity index (χ2n) is 7.41. The summed E-state index contributed by atoms with van der Waals surface area (Å²) in [6, 6.07) is 3.38. The third-order valence-electron chi connectivity index (χ3n) is 5.17. The molecule has 1 aromatic rings. The summed E-state index contributed by atoms with van der Waals surface area (Å²) in [5, 5.41) is 0. The van der Waals surface area contributed by atoms with Gasteiger partial charge in [0.25, 0.3) is 0 Å². The maximum Gasteiger partial charge on any atom is 0.499 e. The first-order chi connectivity index (χ1) is 11.2. The van der Waals surface area contributed by atoms with Gasteiger partial charge in [-0.1, -0.05) is 6.07 Å². The summed E-state index contributed by atoms with van der Waals surface area (Å²) in [5.41, 5.74) is -0.209. The average molecular weight is 335 g/mol. The van der Waals surface area contributed by atoms with Crippen molar-refractivity contribution in [2.75, 3.05) is 6.61 Å². The van der Waals surface area contributed by atoms with Crippen LogP contribution in [0.3, 0.4) is 0 Å². The number of rotatable bonds is 4. The molecule has 0 spiro atoms. The van der Waals surface area contributed by atoms with Gasteiger partial charge in [-0.2, -0.15) is 4.39 Å². The molecule has 2 aliphatic rings. The van der Waals surface area contributed by atoms with Crippen molar-refractivity contribution in [3.8, 4) is 0 Å². The lowest BCUT2D eigenvalue weighted by Gasteiger charge is -2.32. The van der Waals surface area contributed by atoms with Crippen molar-refractivity contribution in [3.05, 3.63) is 23.8 Å². The van der Waals surface area contributed by atoms with Crippen molar-refractivity contribution in [1.29, 1.82) is 0 Å². The van der Waals surface area contributed by atoms with E-state index in [9.17, 15) is 9.18 Å². The minimum Gasteiger partial charge on any atom is -0.466 e. The van der Waals surface area contributed by atoms with E-state index in [2.05, 4.69) is 4.98 Å². The van der Waals surface area contributed by atoms with E-state index in [4.69, 9.17) is 14.0 Å². The number of esters is 1. The SMILES string of the molecule is CCOC(=O)[C@H]1CC1c1ccc(B2OC(C)(C)C(C)(C)O2)c(F)n1. The Labute approximate surface area is 142 Å². The zero-order valence-corrected chi connectivity index (χ0v) is 14.8. The molecule has 1 saturated heterocycles. The fraction of sp³-hybridized carbons (Fsp3) is 0.647. The molecule has 130 valence electrons. The molecular formula is C17H23BFNO4. The maximum absolute atomic E-state index is 14.5. The fourth-order valence-electron chi connectivity index (χ4n) is 2.84. The van der Waals surface area contributed by atoms with E-state index in [1.807, 2.05) is 27.7 Å². The van der Waals surface area contributed by atoms with Crippen LogP contribution in [0.5, 0.6) is 0 Å². The summed E-state index contributed by atoms with van der Waals surface area (Å²) in [6.45, 7) is 9.79. The van der Waals surface area contributed by atoms with Crippen molar-refractivity contribution >= 4 is 18.6 Å². The lowest BCUT2D eigenvalue weighted by molar-refractivity contribution is -0.144. The van der Waals surface area contributed by atoms with Gasteiger partial charge in [0.15, 0.2) is 0 Å². The number of carbonyl (C=O) groups excluding carboxylic acids is 1. The summed E-state index contributed by atoms with van der Waals surface area (Å²) in [7, 11) is -0.781. The number of halogens is 1. The Morgan fingerprint density at radius 3 is 2.50 bits per heavy atom. The molecule has 1 aliphatic carbocycles. The first-order valence-corrected chi connectivity index (χ1v) is 8.35. The van der Waals surface area contributed by atoms with Gasteiger partial charge in [-0.3, -0.25) is 4.79 Å². The van der Waals surface area contributed by atoms with Gasteiger partial charge in [-0.25, -0.2) is 4.98 Å². The van der Waals surface area contributed by atoms with Gasteiger partial charge in [-0.15, -0.1) is 0 Å². The smallest absolute Gasteiger partial charge is 0.466 e. The molecule has 3 rings (SSSR count). The van der Waals surface area contributed by atoms with E-state index in [1.54, 1.807) is 19.1 Å². The molecule has 2 atom stereocenters. The minimum absolute atomic E-state index is 0.0640. The molecule has 24 heavy (non-hydrogen) atoms. The monoisotopic (exact) mass is 335 g/mol. The van der Waals surface area contributed by atoms with Gasteiger partial charge in [0.05, 0.1) is 23.7 Å². The number of carbonyl (C=O) groups is 1. The molecule has 0 radical (unpaired) electrons. The summed E-state index contributed by atoms with van der Waals surface area (Å²) >= 11 is 0. The van der Waals surface area contributed by atoms with Crippen LogP contribution in [0.15, 0.2) is 12.1 Å². The predicted molar refractivity (Wildman–Crippen MR) is 87.4 cm³/mol. The number of aromatic nitrogens is 1. The van der Waals surface area contributed by atoms with Crippen LogP contribution in [0, 0.1) is 11.9 Å². The highest BCUT2D eigenvalue weighted by Gasteiger charge is 2.53. The van der Waals surface area contributed by atoms with Gasteiger partial charge < -0.3 is 14.0 Å². The standard InChI is InChI=1S/C17H23BFNO4/c1-6-22-15(21)11-9-10(11)13-8-7-12(14(19)20-13)18-23-16(2,3)17(4,5)24-18/h7-8,10-11H,6,9H2,1-5H3/t10?,11-/m0/s1. The van der Waals surface area contributed by atoms with E-state index < -0.39 is 24.3 Å². The van der Waals surface area contributed by atoms with E-state index in [1.165, 1.54) is 0 Å². The topological polar surface area (TPSA) is 57.7 Å². The Morgan fingerprint density at radius 1 is 1.33 bits per heavy atom. The third-order valence-corrected chi connectivity index (χ3v) is 5.17. The Morgan fingerprint density at radius 2 is 1.96 bits per heavy atom. The number of nitrogens with zero attached hydrogens (tertiary/aromatic N) is 1. The number of pyridine rings is 1. The van der Waals surface area contributed by atoms with Crippen LogP contribution in [0.1, 0.15) is 52.7 Å². The van der Waals surface area contributed by atoms with E-state index >= 15 is 0 Å². The first kappa shape index (κ1) is 17.4. The van der Waals surface area contributed by atoms with Gasteiger partial charge in [0.1, 0.15) is 0 Å². The lowest BCUT2D eigenvalue weighted by atomic mass is 9.80. The molecule has 2 heterocycles. The molecule has 1 saturated carbocycles. The van der Waals surface area contributed by atoms with Crippen molar-refractivity contribution in [2.24, 2.45) is 5.92 Å². The first-order valence-electron chi connectivity index (χ1n) is 8.35. The quantitative estimate of drug-likeness (QED) is 0.480. The van der Waals surface area contributed by atoms with Crippen LogP contribution in [0.2, 0.25) is 0 Å². The maximum atomic E-state index is 14.5. The Balaban J connectivity index is 1.74. The molecule has 5 nitrogen and oxygen atoms in total. The third kappa shape index (κ3) is 2.95. The van der Waals surface area contributed by atoms with Crippen LogP contribution in [-0.2, 0) is 18.8 Å². The predicted octanol–water partition coefficient (Wildman–Crippen LogP) is 2.19. The van der Waals surface area contributed by atoms with Crippen molar-refractivity contribution < 1.29 is 23.2 Å². The van der Waals surface area contributed by atoms with E-state index in [0.717, 1.165) is 0 Å². The fourth-order valence-corrected chi connectivity index (χ4v) is 2.84. The molecule has 7 heteroatoms. The van der Waals surface area contributed by atoms with E-state index in [0.29, 0.717) is 18.7 Å². The highest BCUT2D eigenvalue weighted by molar-refractivity contribution is 6.62. The summed E-state index contributed by atoms with van der Waals surface area (Å²) in [4.78, 5) is 15.7. The van der Waals surface area contributed by atoms with Crippen molar-refractivity contribution in [2.45, 2.75) is 58.2 Å². The highest BCUT2D eigenvalue weighted by atomic mass is 19.1. The Kier molecular flexibility index (Phi) is 4.20. The molecular weight excluding hydrogens is 312 g/mol. The van der Waals surface area contributed by atoms with Gasteiger partial charge in [0.2, 0.25) is 5.95 Å². The number of ether oxygens (including phenoxy) is 1. The molecule has 1 aliphatic heterocycles. The Bertz CT molecular complexity index is 648. The highest BCUT2D eigenvalue weighted by Crippen LogP contribution is 2.47. The van der Waals surface area contributed by atoms with Crippen LogP contribution in [0.25, 0.3) is 0 Å². The largest absolute Gasteiger partial charge is 0.499 e. The normalized spacial score (nSPS) is 27.2. The molecule has 1 unspecified atom stereocenters. The molecule has 2 fully saturated rings. The minimum atomic E-state index is -0.781. The molecule has 1 aromatic heterocycles. The lowest BCUT2D eigenvalue weighted by Crippen LogP contribution is -2.41. The zero-order valence-electron chi connectivity index (χ0n) is 14.8. The molecule has 0 bridgehead atoms. The number of hydrogen-bond acceptors (Lipinski definition) is 5. The van der Waals surface area contributed by atoms with Crippen molar-refractivity contribution in [3.63, 3.8) is 0 Å². The second-order valence-corrected chi connectivity index (χ2v) is 7.41. The zero-order chi connectivity index (χ0) is 17.7. The summed E-state index contributed by atoms with van der Waals surface area (Å²) in [6.07, 6.45) is 0.654. The number of hydrogen-bond donors (Lipinski definition) is 0. The van der Waals surface area contributed by atoms with Crippen LogP contribution < -0.4 is 5.46 Å². The van der Waals surface area contributed by atoms with Gasteiger partial charge in [-0.05, 0) is 47.1 Å². The van der Waals surface area contributed by atoms with Gasteiger partial charge in [0, 0.05) is 17.1 Å². The van der Waals surface area contributed by atoms with E-state index in [-0.39, 0.29) is 23.3 Å². The summed E-state index contributed by atoms with van der Waals surface area (Å²) < 4.78 is 31.2. The molecule has 0 amide bonds. The van der Waals surface area contributed by atoms with Crippen molar-refractivity contribution in [1.82, 2.24) is 4.98 Å². The Hall–Kier alpha value is -1.47. The van der Waals surface area contributed by atoms with Gasteiger partial charge >= 0.3 is 13.1 Å². The molecule has 0 N–H and O–H groups in total. The summed E-state index contributed by atoms with van der Waals surface area (Å²) in [5.74, 6) is -1.12. The molecule has 0 aromatic carbocycles. The van der Waals surface area contributed by atoms with Crippen LogP contribution in [0.4, 0.5) is 4.39 Å². The van der Waals surface area contributed by atoms with Crippen LogP contribution >= 0.6 is 0 Å². The average Bonchev–Trinajstić information content (AvgIpc) is 3.22. The van der Waals surface area contributed by atoms with Crippen LogP contribution in [-0.4, -0.2) is 35.9 Å².